The summed E-state index contributed by atoms with van der Waals surface area (Å²) >= 11 is 0. The molecule has 25 heavy (non-hydrogen) atoms. The molecule has 0 unspecified atom stereocenters. The Balaban J connectivity index is 1.67. The largest absolute Gasteiger partial charge is 0.277 e. The molecule has 0 aliphatic heterocycles. The topological polar surface area (TPSA) is 65.4 Å². The number of H-pyrrole nitrogens is 1. The third-order valence-electron chi connectivity index (χ3n) is 4.15. The molecule has 0 saturated heterocycles. The molecule has 0 radical (unpaired) electrons. The molecule has 0 bridgehead atoms. The van der Waals surface area contributed by atoms with Crippen LogP contribution in [0.25, 0.3) is 33.5 Å². The Labute approximate surface area is 145 Å². The van der Waals surface area contributed by atoms with Crippen LogP contribution in [0.3, 0.4) is 0 Å². The number of hydrogen-bond donors (Lipinski definition) is 1. The fourth-order valence-electron chi connectivity index (χ4n) is 2.82. The summed E-state index contributed by atoms with van der Waals surface area (Å²) < 4.78 is 0. The first-order valence-electron chi connectivity index (χ1n) is 7.90. The SMILES string of the molecule is N#Cc1ccc(-c2ccc(-c3cn[nH]c3-c3ccncc3)cc2)cc1. The van der Waals surface area contributed by atoms with Crippen molar-refractivity contribution in [1.82, 2.24) is 15.2 Å². The van der Waals surface area contributed by atoms with Crippen LogP contribution in [-0.4, -0.2) is 15.2 Å². The maximum atomic E-state index is 8.90. The van der Waals surface area contributed by atoms with E-state index in [1.165, 1.54) is 0 Å². The van der Waals surface area contributed by atoms with Gasteiger partial charge in [0.15, 0.2) is 0 Å². The van der Waals surface area contributed by atoms with Gasteiger partial charge in [-0.3, -0.25) is 10.1 Å². The van der Waals surface area contributed by atoms with E-state index >= 15 is 0 Å². The summed E-state index contributed by atoms with van der Waals surface area (Å²) in [6, 6.07) is 22.0. The van der Waals surface area contributed by atoms with Gasteiger partial charge in [-0.1, -0.05) is 36.4 Å². The molecule has 0 aliphatic rings. The molecule has 0 spiro atoms. The van der Waals surface area contributed by atoms with Crippen LogP contribution in [0.15, 0.2) is 79.3 Å². The minimum atomic E-state index is 0.667. The van der Waals surface area contributed by atoms with Gasteiger partial charge >= 0.3 is 0 Å². The van der Waals surface area contributed by atoms with Crippen molar-refractivity contribution in [1.29, 1.82) is 5.26 Å². The van der Waals surface area contributed by atoms with E-state index in [4.69, 9.17) is 5.26 Å². The van der Waals surface area contributed by atoms with Crippen LogP contribution in [0.5, 0.6) is 0 Å². The summed E-state index contributed by atoms with van der Waals surface area (Å²) in [5.74, 6) is 0. The number of aromatic amines is 1. The van der Waals surface area contributed by atoms with Crippen LogP contribution in [0.2, 0.25) is 0 Å². The molecule has 0 saturated carbocycles. The van der Waals surface area contributed by atoms with E-state index in [1.54, 1.807) is 12.4 Å². The Kier molecular flexibility index (Phi) is 3.82. The van der Waals surface area contributed by atoms with Crippen LogP contribution in [-0.2, 0) is 0 Å². The van der Waals surface area contributed by atoms with Crippen LogP contribution in [0.1, 0.15) is 5.56 Å². The van der Waals surface area contributed by atoms with E-state index in [1.807, 2.05) is 42.6 Å². The molecule has 118 valence electrons. The second-order valence-electron chi connectivity index (χ2n) is 5.66. The van der Waals surface area contributed by atoms with Gasteiger partial charge in [-0.25, -0.2) is 0 Å². The van der Waals surface area contributed by atoms with Crippen LogP contribution < -0.4 is 0 Å². The molecule has 4 nitrogen and oxygen atoms in total. The van der Waals surface area contributed by atoms with Gasteiger partial charge in [-0.2, -0.15) is 10.4 Å². The van der Waals surface area contributed by atoms with Crippen molar-refractivity contribution in [3.8, 4) is 39.6 Å². The Hall–Kier alpha value is -3.71. The Morgan fingerprint density at radius 1 is 0.720 bits per heavy atom. The van der Waals surface area contributed by atoms with Gasteiger partial charge in [0.1, 0.15) is 0 Å². The Bertz CT molecular complexity index is 1020. The number of benzene rings is 2. The molecule has 2 aromatic carbocycles. The van der Waals surface area contributed by atoms with Crippen LogP contribution in [0, 0.1) is 11.3 Å². The van der Waals surface area contributed by atoms with Gasteiger partial charge in [0.05, 0.1) is 23.5 Å². The maximum absolute atomic E-state index is 8.90. The van der Waals surface area contributed by atoms with Crippen molar-refractivity contribution in [2.75, 3.05) is 0 Å². The predicted molar refractivity (Wildman–Crippen MR) is 97.4 cm³/mol. The minimum Gasteiger partial charge on any atom is -0.277 e. The molecule has 4 rings (SSSR count). The van der Waals surface area contributed by atoms with Crippen molar-refractivity contribution in [2.45, 2.75) is 0 Å². The summed E-state index contributed by atoms with van der Waals surface area (Å²) in [7, 11) is 0. The monoisotopic (exact) mass is 322 g/mol. The van der Waals surface area contributed by atoms with E-state index in [-0.39, 0.29) is 0 Å². The molecule has 0 fully saturated rings. The van der Waals surface area contributed by atoms with Gasteiger partial charge in [0.2, 0.25) is 0 Å². The normalized spacial score (nSPS) is 10.4. The number of aromatic nitrogens is 3. The first-order chi connectivity index (χ1) is 12.3. The molecule has 0 amide bonds. The molecule has 2 heterocycles. The lowest BCUT2D eigenvalue weighted by Gasteiger charge is -2.06. The highest BCUT2D eigenvalue weighted by atomic mass is 15.1. The Morgan fingerprint density at radius 2 is 1.32 bits per heavy atom. The highest BCUT2D eigenvalue weighted by molar-refractivity contribution is 5.81. The number of rotatable bonds is 3. The van der Waals surface area contributed by atoms with Crippen LogP contribution >= 0.6 is 0 Å². The first kappa shape index (κ1) is 14.9. The van der Waals surface area contributed by atoms with Gasteiger partial charge in [-0.15, -0.1) is 0 Å². The van der Waals surface area contributed by atoms with E-state index in [0.717, 1.165) is 33.5 Å². The van der Waals surface area contributed by atoms with Crippen molar-refractivity contribution >= 4 is 0 Å². The Morgan fingerprint density at radius 3 is 1.96 bits per heavy atom. The lowest BCUT2D eigenvalue weighted by atomic mass is 9.98. The molecule has 0 aliphatic carbocycles. The van der Waals surface area contributed by atoms with E-state index in [9.17, 15) is 0 Å². The lowest BCUT2D eigenvalue weighted by molar-refractivity contribution is 1.09. The molecule has 4 heteroatoms. The zero-order chi connectivity index (χ0) is 17.1. The molecule has 2 aromatic heterocycles. The minimum absolute atomic E-state index is 0.667. The van der Waals surface area contributed by atoms with Gasteiger partial charge in [0.25, 0.3) is 0 Å². The molecular weight excluding hydrogens is 308 g/mol. The van der Waals surface area contributed by atoms with Crippen molar-refractivity contribution in [3.05, 3.63) is 84.8 Å². The van der Waals surface area contributed by atoms with E-state index < -0.39 is 0 Å². The average Bonchev–Trinajstić information content (AvgIpc) is 3.19. The van der Waals surface area contributed by atoms with E-state index in [2.05, 4.69) is 45.5 Å². The number of nitrogens with zero attached hydrogens (tertiary/aromatic N) is 3. The quantitative estimate of drug-likeness (QED) is 0.595. The van der Waals surface area contributed by atoms with Crippen LogP contribution in [0.4, 0.5) is 0 Å². The fourth-order valence-corrected chi connectivity index (χ4v) is 2.82. The first-order valence-corrected chi connectivity index (χ1v) is 7.90. The lowest BCUT2D eigenvalue weighted by Crippen LogP contribution is -1.84. The molecular formula is C21H14N4. The third-order valence-corrected chi connectivity index (χ3v) is 4.15. The highest BCUT2D eigenvalue weighted by Crippen LogP contribution is 2.31. The molecule has 4 aromatic rings. The zero-order valence-corrected chi connectivity index (χ0v) is 13.3. The standard InChI is InChI=1S/C21H14N4/c22-13-15-1-3-16(4-2-15)17-5-7-18(8-6-17)20-14-24-25-21(20)19-9-11-23-12-10-19/h1-12,14H,(H,24,25). The number of nitriles is 1. The summed E-state index contributed by atoms with van der Waals surface area (Å²) in [6.45, 7) is 0. The second kappa shape index (κ2) is 6.42. The second-order valence-corrected chi connectivity index (χ2v) is 5.66. The number of pyridine rings is 1. The summed E-state index contributed by atoms with van der Waals surface area (Å²) in [6.07, 6.45) is 5.38. The average molecular weight is 322 g/mol. The van der Waals surface area contributed by atoms with E-state index in [0.29, 0.717) is 5.56 Å². The molecule has 0 atom stereocenters. The maximum Gasteiger partial charge on any atom is 0.0991 e. The van der Waals surface area contributed by atoms with Gasteiger partial charge < -0.3 is 0 Å². The fraction of sp³-hybridized carbons (Fsp3) is 0. The van der Waals surface area contributed by atoms with Crippen molar-refractivity contribution in [3.63, 3.8) is 0 Å². The number of nitrogens with one attached hydrogen (secondary N) is 1. The predicted octanol–water partition coefficient (Wildman–Crippen LogP) is 4.68. The van der Waals surface area contributed by atoms with Gasteiger partial charge in [0, 0.05) is 23.5 Å². The van der Waals surface area contributed by atoms with Crippen molar-refractivity contribution in [2.24, 2.45) is 0 Å². The summed E-state index contributed by atoms with van der Waals surface area (Å²) in [5.41, 5.74) is 7.05. The van der Waals surface area contributed by atoms with Crippen molar-refractivity contribution < 1.29 is 0 Å². The smallest absolute Gasteiger partial charge is 0.0991 e. The summed E-state index contributed by atoms with van der Waals surface area (Å²) in [5, 5.41) is 16.2. The molecule has 1 N–H and O–H groups in total. The summed E-state index contributed by atoms with van der Waals surface area (Å²) in [4.78, 5) is 4.06. The highest BCUT2D eigenvalue weighted by Gasteiger charge is 2.10. The zero-order valence-electron chi connectivity index (χ0n) is 13.3. The number of hydrogen-bond acceptors (Lipinski definition) is 3. The third kappa shape index (κ3) is 2.91. The van der Waals surface area contributed by atoms with Gasteiger partial charge in [-0.05, 0) is 41.0 Å².